The number of carboxylic acid groups (broad SMARTS) is 1. The number of benzene rings is 2. The largest absolute Gasteiger partial charge is 0.492 e. The first-order chi connectivity index (χ1) is 16.6. The minimum atomic E-state index is -1.18. The van der Waals surface area contributed by atoms with E-state index >= 15 is 0 Å². The first-order valence-electron chi connectivity index (χ1n) is 10.9. The number of aryl methyl sites for hydroxylation is 1. The number of amides is 1. The van der Waals surface area contributed by atoms with Gasteiger partial charge in [0, 0.05) is 18.0 Å². The monoisotopic (exact) mass is 474 g/mol. The van der Waals surface area contributed by atoms with Crippen LogP contribution in [-0.4, -0.2) is 48.9 Å². The van der Waals surface area contributed by atoms with E-state index < -0.39 is 5.97 Å². The van der Waals surface area contributed by atoms with Crippen molar-refractivity contribution in [1.29, 1.82) is 0 Å². The number of aromatic carboxylic acids is 1. The Morgan fingerprint density at radius 1 is 1.09 bits per heavy atom. The average Bonchev–Trinajstić information content (AvgIpc) is 3.51. The third-order valence-electron chi connectivity index (χ3n) is 5.57. The van der Waals surface area contributed by atoms with Crippen LogP contribution in [0, 0.1) is 6.92 Å². The van der Waals surface area contributed by atoms with Crippen molar-refractivity contribution >= 4 is 17.6 Å². The topological polar surface area (TPSA) is 124 Å². The summed E-state index contributed by atoms with van der Waals surface area (Å²) < 4.78 is 8.72. The molecule has 0 aliphatic carbocycles. The molecule has 0 aliphatic heterocycles. The maximum atomic E-state index is 13.3. The van der Waals surface area contributed by atoms with Gasteiger partial charge in [-0.05, 0) is 53.8 Å². The zero-order chi connectivity index (χ0) is 25.3. The predicted molar refractivity (Wildman–Crippen MR) is 130 cm³/mol. The minimum absolute atomic E-state index is 0.186. The summed E-state index contributed by atoms with van der Waals surface area (Å²) in [6, 6.07) is 10.8. The van der Waals surface area contributed by atoms with Crippen LogP contribution in [0.15, 0.2) is 55.0 Å². The number of methoxy groups -OCH3 is 1. The summed E-state index contributed by atoms with van der Waals surface area (Å²) in [5.41, 5.74) is 3.53. The molecule has 10 heteroatoms. The van der Waals surface area contributed by atoms with Gasteiger partial charge in [0.05, 0.1) is 24.7 Å². The molecule has 0 atom stereocenters. The Balaban J connectivity index is 1.74. The second-order valence-corrected chi connectivity index (χ2v) is 9.09. The fourth-order valence-electron chi connectivity index (χ4n) is 3.61. The molecule has 4 rings (SSSR count). The number of ether oxygens (including phenoxy) is 1. The summed E-state index contributed by atoms with van der Waals surface area (Å²) in [5.74, 6) is -1.06. The Bertz CT molecular complexity index is 1400. The van der Waals surface area contributed by atoms with Crippen molar-refractivity contribution < 1.29 is 19.4 Å². The molecular formula is C25H26N6O4. The van der Waals surface area contributed by atoms with Crippen LogP contribution < -0.4 is 10.1 Å². The smallest absolute Gasteiger partial charge is 0.358 e. The molecule has 10 nitrogen and oxygen atoms in total. The summed E-state index contributed by atoms with van der Waals surface area (Å²) in [5, 5.41) is 24.0. The number of rotatable bonds is 6. The number of carbonyl (C=O) groups is 2. The molecule has 1 amide bonds. The van der Waals surface area contributed by atoms with Crippen LogP contribution in [0.2, 0.25) is 0 Å². The van der Waals surface area contributed by atoms with E-state index in [2.05, 4.69) is 41.5 Å². The van der Waals surface area contributed by atoms with Gasteiger partial charge in [-0.25, -0.2) is 14.2 Å². The van der Waals surface area contributed by atoms with Crippen molar-refractivity contribution in [2.24, 2.45) is 0 Å². The van der Waals surface area contributed by atoms with Crippen LogP contribution >= 0.6 is 0 Å². The minimum Gasteiger partial charge on any atom is -0.492 e. The first-order valence-corrected chi connectivity index (χ1v) is 10.9. The summed E-state index contributed by atoms with van der Waals surface area (Å²) in [4.78, 5) is 24.5. The van der Waals surface area contributed by atoms with Gasteiger partial charge in [0.15, 0.2) is 11.4 Å². The first kappa shape index (κ1) is 23.7. The molecule has 2 aromatic carbocycles. The van der Waals surface area contributed by atoms with Crippen LogP contribution in [0.3, 0.4) is 0 Å². The molecule has 0 unspecified atom stereocenters. The van der Waals surface area contributed by atoms with Crippen LogP contribution in [0.4, 0.5) is 5.69 Å². The summed E-state index contributed by atoms with van der Waals surface area (Å²) in [6.45, 7) is 8.10. The van der Waals surface area contributed by atoms with Crippen molar-refractivity contribution in [3.63, 3.8) is 0 Å². The highest BCUT2D eigenvalue weighted by atomic mass is 16.5. The Morgan fingerprint density at radius 2 is 1.86 bits per heavy atom. The molecule has 0 bridgehead atoms. The van der Waals surface area contributed by atoms with Gasteiger partial charge in [0.1, 0.15) is 5.69 Å². The third-order valence-corrected chi connectivity index (χ3v) is 5.57. The van der Waals surface area contributed by atoms with Gasteiger partial charge in [-0.3, -0.25) is 4.79 Å². The molecule has 2 aromatic heterocycles. The van der Waals surface area contributed by atoms with Crippen molar-refractivity contribution in [2.45, 2.75) is 33.1 Å². The Hall–Kier alpha value is -4.47. The van der Waals surface area contributed by atoms with Gasteiger partial charge in [0.2, 0.25) is 0 Å². The van der Waals surface area contributed by atoms with Crippen LogP contribution in [-0.2, 0) is 5.41 Å². The van der Waals surface area contributed by atoms with Crippen LogP contribution in [0.5, 0.6) is 5.75 Å². The van der Waals surface area contributed by atoms with Crippen molar-refractivity contribution in [3.8, 4) is 17.1 Å². The SMILES string of the molecule is COc1c(NC(=O)c2ccc(C)c(-n3cc(C(=O)O)nn3)c2)cc(C(C)(C)C)cc1-n1cccn1. The van der Waals surface area contributed by atoms with Gasteiger partial charge in [-0.15, -0.1) is 5.10 Å². The summed E-state index contributed by atoms with van der Waals surface area (Å²) in [7, 11) is 1.55. The number of nitrogens with zero attached hydrogens (tertiary/aromatic N) is 5. The summed E-state index contributed by atoms with van der Waals surface area (Å²) in [6.07, 6.45) is 4.79. The van der Waals surface area contributed by atoms with Gasteiger partial charge >= 0.3 is 5.97 Å². The predicted octanol–water partition coefficient (Wildman–Crippen LogP) is 4.02. The quantitative estimate of drug-likeness (QED) is 0.432. The van der Waals surface area contributed by atoms with Gasteiger partial charge < -0.3 is 15.2 Å². The number of nitrogens with one attached hydrogen (secondary N) is 1. The second kappa shape index (κ2) is 9.05. The van der Waals surface area contributed by atoms with Crippen LogP contribution in [0.25, 0.3) is 11.4 Å². The van der Waals surface area contributed by atoms with E-state index in [0.29, 0.717) is 28.4 Å². The molecule has 0 spiro atoms. The fraction of sp³-hybridized carbons (Fsp3) is 0.240. The lowest BCUT2D eigenvalue weighted by Gasteiger charge is -2.23. The van der Waals surface area contributed by atoms with Gasteiger partial charge in [-0.2, -0.15) is 5.10 Å². The molecule has 0 fully saturated rings. The Labute approximate surface area is 202 Å². The Kier molecular flexibility index (Phi) is 6.12. The molecule has 0 saturated heterocycles. The number of anilines is 1. The van der Waals surface area contributed by atoms with Crippen molar-refractivity contribution in [3.05, 3.63) is 77.4 Å². The van der Waals surface area contributed by atoms with E-state index in [-0.39, 0.29) is 17.0 Å². The molecule has 2 N–H and O–H groups in total. The molecule has 0 aliphatic rings. The molecule has 0 saturated carbocycles. The molecule has 2 heterocycles. The normalized spacial score (nSPS) is 11.3. The van der Waals surface area contributed by atoms with E-state index in [9.17, 15) is 9.59 Å². The van der Waals surface area contributed by atoms with Crippen molar-refractivity contribution in [1.82, 2.24) is 24.8 Å². The molecule has 4 aromatic rings. The maximum absolute atomic E-state index is 13.3. The van der Waals surface area contributed by atoms with E-state index in [4.69, 9.17) is 9.84 Å². The third kappa shape index (κ3) is 4.77. The van der Waals surface area contributed by atoms with E-state index in [1.54, 1.807) is 36.2 Å². The molecule has 180 valence electrons. The second-order valence-electron chi connectivity index (χ2n) is 9.09. The lowest BCUT2D eigenvalue weighted by Crippen LogP contribution is -2.17. The van der Waals surface area contributed by atoms with E-state index in [0.717, 1.165) is 11.1 Å². The molecule has 0 radical (unpaired) electrons. The average molecular weight is 475 g/mol. The lowest BCUT2D eigenvalue weighted by atomic mass is 9.86. The molecular weight excluding hydrogens is 448 g/mol. The highest BCUT2D eigenvalue weighted by Crippen LogP contribution is 2.37. The van der Waals surface area contributed by atoms with Crippen LogP contribution in [0.1, 0.15) is 52.7 Å². The molecule has 35 heavy (non-hydrogen) atoms. The zero-order valence-electron chi connectivity index (χ0n) is 20.1. The van der Waals surface area contributed by atoms with Gasteiger partial charge in [-0.1, -0.05) is 32.1 Å². The number of carboxylic acids is 1. The number of hydrogen-bond donors (Lipinski definition) is 2. The Morgan fingerprint density at radius 3 is 2.46 bits per heavy atom. The fourth-order valence-corrected chi connectivity index (χ4v) is 3.61. The summed E-state index contributed by atoms with van der Waals surface area (Å²) >= 11 is 0. The highest BCUT2D eigenvalue weighted by Gasteiger charge is 2.22. The maximum Gasteiger partial charge on any atom is 0.358 e. The van der Waals surface area contributed by atoms with E-state index in [1.807, 2.05) is 31.3 Å². The highest BCUT2D eigenvalue weighted by molar-refractivity contribution is 6.06. The number of carbonyl (C=O) groups excluding carboxylic acids is 1. The van der Waals surface area contributed by atoms with E-state index in [1.165, 1.54) is 10.9 Å². The number of aromatic nitrogens is 5. The van der Waals surface area contributed by atoms with Crippen molar-refractivity contribution in [2.75, 3.05) is 12.4 Å². The standard InChI is InChI=1S/C25H26N6O4/c1-15-7-8-16(11-20(15)31-14-19(24(33)34)28-29-31)23(32)27-18-12-17(25(2,3)4)13-21(22(18)35-5)30-10-6-9-26-30/h6-14H,1-5H3,(H,27,32)(H,33,34). The number of hydrogen-bond acceptors (Lipinski definition) is 6. The van der Waals surface area contributed by atoms with Gasteiger partial charge in [0.25, 0.3) is 5.91 Å². The lowest BCUT2D eigenvalue weighted by molar-refractivity contribution is 0.0690. The zero-order valence-corrected chi connectivity index (χ0v) is 20.1.